The SMILES string of the molecule is c1ccc([C@H]2CN(C3CC3)CC3(CCN(CCc4ccccn4)CC3)C2)cc1. The zero-order chi connectivity index (χ0) is 18.8. The molecule has 1 saturated carbocycles. The molecular formula is C25H33N3. The summed E-state index contributed by atoms with van der Waals surface area (Å²) >= 11 is 0. The molecule has 5 rings (SSSR count). The first-order chi connectivity index (χ1) is 13.8. The van der Waals surface area contributed by atoms with E-state index < -0.39 is 0 Å². The molecule has 1 aromatic heterocycles. The second-order valence-electron chi connectivity index (χ2n) is 9.39. The van der Waals surface area contributed by atoms with Gasteiger partial charge in [0, 0.05) is 44.0 Å². The summed E-state index contributed by atoms with van der Waals surface area (Å²) in [5.74, 6) is 0.718. The van der Waals surface area contributed by atoms with E-state index in [1.54, 1.807) is 5.56 Å². The Morgan fingerprint density at radius 1 is 0.964 bits per heavy atom. The monoisotopic (exact) mass is 375 g/mol. The Kier molecular flexibility index (Phi) is 5.21. The number of nitrogens with zero attached hydrogens (tertiary/aromatic N) is 3. The van der Waals surface area contributed by atoms with Gasteiger partial charge in [-0.15, -0.1) is 0 Å². The minimum atomic E-state index is 0.531. The minimum Gasteiger partial charge on any atom is -0.303 e. The molecule has 2 aliphatic heterocycles. The fourth-order valence-corrected chi connectivity index (χ4v) is 5.53. The van der Waals surface area contributed by atoms with Crippen molar-refractivity contribution in [1.82, 2.24) is 14.8 Å². The summed E-state index contributed by atoms with van der Waals surface area (Å²) in [5, 5.41) is 0. The summed E-state index contributed by atoms with van der Waals surface area (Å²) in [7, 11) is 0. The van der Waals surface area contributed by atoms with E-state index in [1.165, 1.54) is 64.0 Å². The van der Waals surface area contributed by atoms with Gasteiger partial charge in [0.2, 0.25) is 0 Å². The van der Waals surface area contributed by atoms with E-state index >= 15 is 0 Å². The van der Waals surface area contributed by atoms with E-state index in [1.807, 2.05) is 12.3 Å². The quantitative estimate of drug-likeness (QED) is 0.774. The van der Waals surface area contributed by atoms with Crippen molar-refractivity contribution < 1.29 is 0 Å². The maximum Gasteiger partial charge on any atom is 0.0416 e. The standard InChI is InChI=1S/C25H33N3/c1-2-6-21(7-3-1)22-18-25(20-28(19-22)24-9-10-24)12-16-27(17-13-25)15-11-23-8-4-5-14-26-23/h1-8,14,22,24H,9-13,15-20H2/t22-/m1/s1. The summed E-state index contributed by atoms with van der Waals surface area (Å²) in [4.78, 5) is 10.0. The van der Waals surface area contributed by atoms with Crippen molar-refractivity contribution in [2.45, 2.75) is 50.5 Å². The van der Waals surface area contributed by atoms with E-state index in [2.05, 4.69) is 57.2 Å². The van der Waals surface area contributed by atoms with Crippen molar-refractivity contribution in [1.29, 1.82) is 0 Å². The number of rotatable bonds is 5. The van der Waals surface area contributed by atoms with Gasteiger partial charge in [-0.1, -0.05) is 36.4 Å². The first-order valence-electron chi connectivity index (χ1n) is 11.2. The summed E-state index contributed by atoms with van der Waals surface area (Å²) in [6.45, 7) is 6.29. The van der Waals surface area contributed by atoms with Gasteiger partial charge in [-0.2, -0.15) is 0 Å². The van der Waals surface area contributed by atoms with Crippen LogP contribution in [-0.4, -0.2) is 53.5 Å². The normalized spacial score (nSPS) is 25.8. The van der Waals surface area contributed by atoms with Crippen LogP contribution in [0.4, 0.5) is 0 Å². The van der Waals surface area contributed by atoms with Gasteiger partial charge in [0.25, 0.3) is 0 Å². The third-order valence-corrected chi connectivity index (χ3v) is 7.33. The maximum atomic E-state index is 4.49. The molecule has 28 heavy (non-hydrogen) atoms. The third-order valence-electron chi connectivity index (χ3n) is 7.33. The minimum absolute atomic E-state index is 0.531. The number of piperidine rings is 2. The highest BCUT2D eigenvalue weighted by molar-refractivity contribution is 5.22. The van der Waals surface area contributed by atoms with Crippen molar-refractivity contribution in [2.75, 3.05) is 32.7 Å². The van der Waals surface area contributed by atoms with E-state index in [0.29, 0.717) is 5.41 Å². The number of benzene rings is 1. The van der Waals surface area contributed by atoms with Crippen molar-refractivity contribution in [3.05, 3.63) is 66.0 Å². The molecule has 1 aromatic carbocycles. The lowest BCUT2D eigenvalue weighted by molar-refractivity contribution is 0.0105. The molecule has 2 aromatic rings. The van der Waals surface area contributed by atoms with E-state index in [9.17, 15) is 0 Å². The van der Waals surface area contributed by atoms with E-state index in [0.717, 1.165) is 24.9 Å². The molecule has 3 heteroatoms. The molecule has 0 amide bonds. The van der Waals surface area contributed by atoms with Crippen LogP contribution in [-0.2, 0) is 6.42 Å². The molecule has 3 fully saturated rings. The molecule has 0 radical (unpaired) electrons. The molecule has 3 aliphatic rings. The van der Waals surface area contributed by atoms with Gasteiger partial charge in [-0.25, -0.2) is 0 Å². The highest BCUT2D eigenvalue weighted by atomic mass is 15.2. The van der Waals surface area contributed by atoms with Crippen LogP contribution in [0.3, 0.4) is 0 Å². The Morgan fingerprint density at radius 3 is 2.46 bits per heavy atom. The Balaban J connectivity index is 1.23. The van der Waals surface area contributed by atoms with Crippen LogP contribution in [0.25, 0.3) is 0 Å². The molecule has 2 saturated heterocycles. The molecule has 1 atom stereocenters. The molecule has 0 unspecified atom stereocenters. The van der Waals surface area contributed by atoms with Crippen molar-refractivity contribution >= 4 is 0 Å². The molecular weight excluding hydrogens is 342 g/mol. The first-order valence-corrected chi connectivity index (χ1v) is 11.2. The topological polar surface area (TPSA) is 19.4 Å². The fraction of sp³-hybridized carbons (Fsp3) is 0.560. The van der Waals surface area contributed by atoms with Crippen LogP contribution in [0, 0.1) is 5.41 Å². The first kappa shape index (κ1) is 18.3. The van der Waals surface area contributed by atoms with Crippen LogP contribution in [0.15, 0.2) is 54.7 Å². The third kappa shape index (κ3) is 4.16. The Morgan fingerprint density at radius 2 is 1.75 bits per heavy atom. The predicted octanol–water partition coefficient (Wildman–Crippen LogP) is 4.36. The molecule has 0 bridgehead atoms. The summed E-state index contributed by atoms with van der Waals surface area (Å²) in [6, 6.07) is 18.5. The molecule has 1 aliphatic carbocycles. The van der Waals surface area contributed by atoms with Gasteiger partial charge in [0.05, 0.1) is 0 Å². The summed E-state index contributed by atoms with van der Waals surface area (Å²) < 4.78 is 0. The zero-order valence-electron chi connectivity index (χ0n) is 17.0. The second-order valence-corrected chi connectivity index (χ2v) is 9.39. The Hall–Kier alpha value is -1.71. The number of pyridine rings is 1. The number of hydrogen-bond acceptors (Lipinski definition) is 3. The molecule has 148 valence electrons. The zero-order valence-corrected chi connectivity index (χ0v) is 17.0. The largest absolute Gasteiger partial charge is 0.303 e. The van der Waals surface area contributed by atoms with Gasteiger partial charge in [0.1, 0.15) is 0 Å². The summed E-state index contributed by atoms with van der Waals surface area (Å²) in [6.07, 6.45) is 9.95. The number of hydrogen-bond donors (Lipinski definition) is 0. The Bertz CT molecular complexity index is 748. The average molecular weight is 376 g/mol. The Labute approximate surface area is 169 Å². The second kappa shape index (κ2) is 7.96. The van der Waals surface area contributed by atoms with Crippen LogP contribution in [0.2, 0.25) is 0 Å². The van der Waals surface area contributed by atoms with Crippen molar-refractivity contribution in [3.63, 3.8) is 0 Å². The predicted molar refractivity (Wildman–Crippen MR) is 114 cm³/mol. The van der Waals surface area contributed by atoms with Crippen LogP contribution in [0.5, 0.6) is 0 Å². The number of aromatic nitrogens is 1. The van der Waals surface area contributed by atoms with Gasteiger partial charge in [-0.05, 0) is 74.2 Å². The van der Waals surface area contributed by atoms with Gasteiger partial charge < -0.3 is 4.90 Å². The van der Waals surface area contributed by atoms with E-state index in [4.69, 9.17) is 0 Å². The lowest BCUT2D eigenvalue weighted by atomic mass is 9.68. The van der Waals surface area contributed by atoms with Crippen LogP contribution < -0.4 is 0 Å². The van der Waals surface area contributed by atoms with Crippen molar-refractivity contribution in [2.24, 2.45) is 5.41 Å². The highest BCUT2D eigenvalue weighted by Gasteiger charge is 2.45. The van der Waals surface area contributed by atoms with E-state index in [-0.39, 0.29) is 0 Å². The van der Waals surface area contributed by atoms with Gasteiger partial charge >= 0.3 is 0 Å². The van der Waals surface area contributed by atoms with Crippen molar-refractivity contribution in [3.8, 4) is 0 Å². The number of likely N-dealkylation sites (tertiary alicyclic amines) is 2. The van der Waals surface area contributed by atoms with Crippen LogP contribution >= 0.6 is 0 Å². The smallest absolute Gasteiger partial charge is 0.0416 e. The lowest BCUT2D eigenvalue weighted by Gasteiger charge is -2.50. The average Bonchev–Trinajstić information content (AvgIpc) is 3.60. The van der Waals surface area contributed by atoms with Crippen LogP contribution in [0.1, 0.15) is 49.3 Å². The highest BCUT2D eigenvalue weighted by Crippen LogP contribution is 2.47. The molecule has 3 heterocycles. The van der Waals surface area contributed by atoms with Gasteiger partial charge in [-0.3, -0.25) is 9.88 Å². The fourth-order valence-electron chi connectivity index (χ4n) is 5.53. The maximum absolute atomic E-state index is 4.49. The molecule has 0 N–H and O–H groups in total. The summed E-state index contributed by atoms with van der Waals surface area (Å²) in [5.41, 5.74) is 3.32. The van der Waals surface area contributed by atoms with Gasteiger partial charge in [0.15, 0.2) is 0 Å². The molecule has 1 spiro atoms. The molecule has 3 nitrogen and oxygen atoms in total. The lowest BCUT2D eigenvalue weighted by Crippen LogP contribution is -2.52.